The van der Waals surface area contributed by atoms with Gasteiger partial charge in [-0.25, -0.2) is 0 Å². The van der Waals surface area contributed by atoms with Crippen molar-refractivity contribution in [3.63, 3.8) is 0 Å². The van der Waals surface area contributed by atoms with Gasteiger partial charge in [0.25, 0.3) is 0 Å². The van der Waals surface area contributed by atoms with Gasteiger partial charge >= 0.3 is 0 Å². The van der Waals surface area contributed by atoms with Gasteiger partial charge in [0, 0.05) is 44.1 Å². The van der Waals surface area contributed by atoms with Crippen molar-refractivity contribution in [2.24, 2.45) is 7.05 Å². The molecule has 6 nitrogen and oxygen atoms in total. The molecule has 0 aliphatic rings. The third-order valence-corrected chi connectivity index (χ3v) is 4.05. The summed E-state index contributed by atoms with van der Waals surface area (Å²) < 4.78 is 8.67. The van der Waals surface area contributed by atoms with Crippen LogP contribution in [0.4, 0.5) is 0 Å². The monoisotopic (exact) mass is 311 g/mol. The summed E-state index contributed by atoms with van der Waals surface area (Å²) in [6, 6.07) is 0. The van der Waals surface area contributed by atoms with E-state index < -0.39 is 0 Å². The van der Waals surface area contributed by atoms with Crippen LogP contribution in [0.5, 0.6) is 0 Å². The number of nitrogens with zero attached hydrogens (tertiary/aromatic N) is 4. The van der Waals surface area contributed by atoms with Crippen LogP contribution in [0.25, 0.3) is 0 Å². The van der Waals surface area contributed by atoms with Crippen molar-refractivity contribution in [1.82, 2.24) is 24.9 Å². The average molecular weight is 312 g/mol. The minimum Gasteiger partial charge on any atom is -0.383 e. The highest BCUT2D eigenvalue weighted by Gasteiger charge is 2.14. The number of halogens is 1. The van der Waals surface area contributed by atoms with Gasteiger partial charge in [0.1, 0.15) is 5.15 Å². The molecule has 0 aromatic carbocycles. The first-order chi connectivity index (χ1) is 10.0. The van der Waals surface area contributed by atoms with Gasteiger partial charge in [0.15, 0.2) is 0 Å². The van der Waals surface area contributed by atoms with Crippen LogP contribution in [0.3, 0.4) is 0 Å². The normalized spacial score (nSPS) is 11.3. The maximum atomic E-state index is 6.27. The molecule has 0 saturated heterocycles. The molecule has 0 spiro atoms. The van der Waals surface area contributed by atoms with E-state index in [2.05, 4.69) is 22.4 Å². The second-order valence-corrected chi connectivity index (χ2v) is 5.42. The Morgan fingerprint density at radius 3 is 2.76 bits per heavy atom. The largest absolute Gasteiger partial charge is 0.383 e. The summed E-state index contributed by atoms with van der Waals surface area (Å²) in [5.74, 6) is 0. The molecule has 0 atom stereocenters. The molecule has 0 saturated carbocycles. The summed E-state index contributed by atoms with van der Waals surface area (Å²) >= 11 is 6.27. The Morgan fingerprint density at radius 2 is 2.14 bits per heavy atom. The number of rotatable bonds is 7. The number of hydrogen-bond acceptors (Lipinski definition) is 4. The third-order valence-electron chi connectivity index (χ3n) is 3.58. The minimum absolute atomic E-state index is 0.641. The molecular weight excluding hydrogens is 290 g/mol. The number of ether oxygens (including phenoxy) is 1. The third kappa shape index (κ3) is 3.64. The predicted molar refractivity (Wildman–Crippen MR) is 82.6 cm³/mol. The average Bonchev–Trinajstić information content (AvgIpc) is 2.91. The zero-order valence-electron chi connectivity index (χ0n) is 13.0. The summed E-state index contributed by atoms with van der Waals surface area (Å²) in [6.07, 6.45) is 1.90. The highest BCUT2D eigenvalue weighted by atomic mass is 35.5. The fraction of sp³-hybridized carbons (Fsp3) is 0.571. The van der Waals surface area contributed by atoms with E-state index in [1.165, 1.54) is 5.56 Å². The SMILES string of the molecule is COCCNCc1cnn(Cc2c(C)nn(C)c2Cl)c1C. The number of aryl methyl sites for hydroxylation is 2. The molecule has 0 aliphatic carbocycles. The molecule has 0 unspecified atom stereocenters. The van der Waals surface area contributed by atoms with Gasteiger partial charge in [-0.15, -0.1) is 0 Å². The second kappa shape index (κ2) is 7.06. The maximum Gasteiger partial charge on any atom is 0.132 e. The summed E-state index contributed by atoms with van der Waals surface area (Å²) in [4.78, 5) is 0. The fourth-order valence-corrected chi connectivity index (χ4v) is 2.45. The van der Waals surface area contributed by atoms with Gasteiger partial charge in [-0.05, 0) is 13.8 Å². The van der Waals surface area contributed by atoms with E-state index >= 15 is 0 Å². The molecule has 7 heteroatoms. The highest BCUT2D eigenvalue weighted by Crippen LogP contribution is 2.20. The van der Waals surface area contributed by atoms with Crippen LogP contribution < -0.4 is 5.32 Å². The van der Waals surface area contributed by atoms with Crippen molar-refractivity contribution in [3.05, 3.63) is 33.9 Å². The van der Waals surface area contributed by atoms with Crippen LogP contribution in [0.15, 0.2) is 6.20 Å². The predicted octanol–water partition coefficient (Wildman–Crippen LogP) is 1.67. The van der Waals surface area contributed by atoms with E-state index in [-0.39, 0.29) is 0 Å². The van der Waals surface area contributed by atoms with Crippen LogP contribution in [0.1, 0.15) is 22.5 Å². The molecule has 2 aromatic heterocycles. The Hall–Kier alpha value is -1.37. The van der Waals surface area contributed by atoms with Gasteiger partial charge in [0.05, 0.1) is 25.0 Å². The van der Waals surface area contributed by atoms with E-state index in [1.54, 1.807) is 11.8 Å². The molecule has 116 valence electrons. The van der Waals surface area contributed by atoms with Crippen molar-refractivity contribution in [2.45, 2.75) is 26.9 Å². The standard InChI is InChI=1S/C14H22ClN5O/c1-10-13(14(15)19(3)18-10)9-20-11(2)12(8-17-20)7-16-5-6-21-4/h8,16H,5-7,9H2,1-4H3. The molecular formula is C14H22ClN5O. The lowest BCUT2D eigenvalue weighted by Gasteiger charge is -2.07. The van der Waals surface area contributed by atoms with Gasteiger partial charge in [-0.2, -0.15) is 10.2 Å². The van der Waals surface area contributed by atoms with Crippen LogP contribution >= 0.6 is 11.6 Å². The van der Waals surface area contributed by atoms with Crippen LogP contribution in [0, 0.1) is 13.8 Å². The van der Waals surface area contributed by atoms with E-state index in [1.807, 2.05) is 24.9 Å². The van der Waals surface area contributed by atoms with E-state index in [4.69, 9.17) is 16.3 Å². The lowest BCUT2D eigenvalue weighted by atomic mass is 10.2. The molecule has 0 fully saturated rings. The topological polar surface area (TPSA) is 56.9 Å². The maximum absolute atomic E-state index is 6.27. The van der Waals surface area contributed by atoms with Gasteiger partial charge < -0.3 is 10.1 Å². The van der Waals surface area contributed by atoms with E-state index in [9.17, 15) is 0 Å². The molecule has 2 rings (SSSR count). The first-order valence-corrected chi connectivity index (χ1v) is 7.31. The van der Waals surface area contributed by atoms with Crippen molar-refractivity contribution >= 4 is 11.6 Å². The molecule has 2 aromatic rings. The molecule has 0 bridgehead atoms. The van der Waals surface area contributed by atoms with E-state index in [0.29, 0.717) is 18.3 Å². The molecule has 0 aliphatic heterocycles. The zero-order chi connectivity index (χ0) is 15.4. The van der Waals surface area contributed by atoms with Crippen LogP contribution in [-0.4, -0.2) is 39.8 Å². The summed E-state index contributed by atoms with van der Waals surface area (Å²) in [7, 11) is 3.55. The second-order valence-electron chi connectivity index (χ2n) is 5.06. The first-order valence-electron chi connectivity index (χ1n) is 6.93. The Morgan fingerprint density at radius 1 is 1.38 bits per heavy atom. The van der Waals surface area contributed by atoms with Crippen molar-refractivity contribution in [2.75, 3.05) is 20.3 Å². The van der Waals surface area contributed by atoms with Crippen LogP contribution in [-0.2, 0) is 24.9 Å². The number of methoxy groups -OCH3 is 1. The Balaban J connectivity index is 2.06. The van der Waals surface area contributed by atoms with Gasteiger partial charge in [0.2, 0.25) is 0 Å². The van der Waals surface area contributed by atoms with Crippen LogP contribution in [0.2, 0.25) is 5.15 Å². The lowest BCUT2D eigenvalue weighted by Crippen LogP contribution is -2.19. The van der Waals surface area contributed by atoms with Gasteiger partial charge in [-0.1, -0.05) is 11.6 Å². The minimum atomic E-state index is 0.641. The molecule has 1 N–H and O–H groups in total. The Labute approximate surface area is 130 Å². The van der Waals surface area contributed by atoms with Crippen molar-refractivity contribution in [1.29, 1.82) is 0 Å². The number of aromatic nitrogens is 4. The smallest absolute Gasteiger partial charge is 0.132 e. The zero-order valence-corrected chi connectivity index (χ0v) is 13.7. The molecule has 2 heterocycles. The van der Waals surface area contributed by atoms with Gasteiger partial charge in [-0.3, -0.25) is 9.36 Å². The summed E-state index contributed by atoms with van der Waals surface area (Å²) in [6.45, 7) is 7.00. The molecule has 0 amide bonds. The Kier molecular flexibility index (Phi) is 5.39. The first kappa shape index (κ1) is 16.0. The summed E-state index contributed by atoms with van der Waals surface area (Å²) in [5, 5.41) is 12.8. The molecule has 21 heavy (non-hydrogen) atoms. The number of nitrogens with one attached hydrogen (secondary N) is 1. The van der Waals surface area contributed by atoms with Crippen molar-refractivity contribution < 1.29 is 4.74 Å². The lowest BCUT2D eigenvalue weighted by molar-refractivity contribution is 0.199. The Bertz CT molecular complexity index is 605. The summed E-state index contributed by atoms with van der Waals surface area (Å²) in [5.41, 5.74) is 4.28. The number of hydrogen-bond donors (Lipinski definition) is 1. The molecule has 0 radical (unpaired) electrons. The highest BCUT2D eigenvalue weighted by molar-refractivity contribution is 6.30. The van der Waals surface area contributed by atoms with E-state index in [0.717, 1.165) is 30.0 Å². The van der Waals surface area contributed by atoms with Crippen molar-refractivity contribution in [3.8, 4) is 0 Å². The fourth-order valence-electron chi connectivity index (χ4n) is 2.22. The quantitative estimate of drug-likeness (QED) is 0.790.